The molecule has 5 heteroatoms. The zero-order valence-electron chi connectivity index (χ0n) is 11.0. The summed E-state index contributed by atoms with van der Waals surface area (Å²) in [6.07, 6.45) is 0.287. The van der Waals surface area contributed by atoms with Crippen LogP contribution in [0.15, 0.2) is 42.5 Å². The van der Waals surface area contributed by atoms with Crippen molar-refractivity contribution in [1.29, 1.82) is 5.26 Å². The van der Waals surface area contributed by atoms with Gasteiger partial charge in [0, 0.05) is 5.69 Å². The molecule has 1 aliphatic rings. The Labute approximate surface area is 121 Å². The average molecular weight is 277 g/mol. The summed E-state index contributed by atoms with van der Waals surface area (Å²) < 4.78 is 0. The van der Waals surface area contributed by atoms with Gasteiger partial charge in [-0.3, -0.25) is 9.59 Å². The van der Waals surface area contributed by atoms with Crippen LogP contribution in [-0.2, 0) is 6.42 Å². The SMILES string of the molecule is N#CCc1ccc(N2C(=O)c3cccc(N)c3C2=O)cc1. The zero-order chi connectivity index (χ0) is 15.0. The van der Waals surface area contributed by atoms with E-state index in [0.717, 1.165) is 10.5 Å². The Bertz CT molecular complexity index is 788. The molecule has 1 aliphatic heterocycles. The predicted octanol–water partition coefficient (Wildman–Crippen LogP) is 2.14. The number of nitrogens with two attached hydrogens (primary N) is 1. The van der Waals surface area contributed by atoms with Crippen molar-refractivity contribution in [3.05, 3.63) is 59.2 Å². The highest BCUT2D eigenvalue weighted by Gasteiger charge is 2.37. The van der Waals surface area contributed by atoms with Crippen molar-refractivity contribution >= 4 is 23.2 Å². The number of rotatable bonds is 2. The van der Waals surface area contributed by atoms with E-state index in [1.54, 1.807) is 42.5 Å². The van der Waals surface area contributed by atoms with E-state index >= 15 is 0 Å². The molecule has 0 atom stereocenters. The fraction of sp³-hybridized carbons (Fsp3) is 0.0625. The molecule has 2 aromatic carbocycles. The number of amides is 2. The molecule has 0 radical (unpaired) electrons. The van der Waals surface area contributed by atoms with Gasteiger partial charge in [-0.2, -0.15) is 5.26 Å². The minimum absolute atomic E-state index is 0.253. The highest BCUT2D eigenvalue weighted by atomic mass is 16.2. The summed E-state index contributed by atoms with van der Waals surface area (Å²) >= 11 is 0. The molecule has 21 heavy (non-hydrogen) atoms. The number of benzene rings is 2. The van der Waals surface area contributed by atoms with Crippen LogP contribution in [0.1, 0.15) is 26.3 Å². The van der Waals surface area contributed by atoms with E-state index in [-0.39, 0.29) is 17.9 Å². The quantitative estimate of drug-likeness (QED) is 0.673. The monoisotopic (exact) mass is 277 g/mol. The molecule has 3 rings (SSSR count). The normalized spacial score (nSPS) is 13.2. The summed E-state index contributed by atoms with van der Waals surface area (Å²) in [4.78, 5) is 25.9. The van der Waals surface area contributed by atoms with Gasteiger partial charge in [0.05, 0.1) is 29.3 Å². The number of nitrogens with zero attached hydrogens (tertiary/aromatic N) is 2. The summed E-state index contributed by atoms with van der Waals surface area (Å²) in [6.45, 7) is 0. The lowest BCUT2D eigenvalue weighted by Crippen LogP contribution is -2.29. The van der Waals surface area contributed by atoms with Crippen LogP contribution in [0.25, 0.3) is 0 Å². The summed E-state index contributed by atoms with van der Waals surface area (Å²) in [5.41, 5.74) is 7.97. The third-order valence-electron chi connectivity index (χ3n) is 3.42. The van der Waals surface area contributed by atoms with Crippen molar-refractivity contribution in [2.45, 2.75) is 6.42 Å². The molecular weight excluding hydrogens is 266 g/mol. The van der Waals surface area contributed by atoms with Crippen LogP contribution in [0.2, 0.25) is 0 Å². The third kappa shape index (κ3) is 1.94. The summed E-state index contributed by atoms with van der Waals surface area (Å²) in [7, 11) is 0. The smallest absolute Gasteiger partial charge is 0.268 e. The van der Waals surface area contributed by atoms with Gasteiger partial charge in [0.2, 0.25) is 0 Å². The van der Waals surface area contributed by atoms with Crippen LogP contribution in [0.4, 0.5) is 11.4 Å². The standard InChI is InChI=1S/C16H11N3O2/c17-9-8-10-4-6-11(7-5-10)19-15(20)12-2-1-3-13(18)14(12)16(19)21/h1-7H,8,18H2. The first-order valence-electron chi connectivity index (χ1n) is 6.36. The number of anilines is 2. The van der Waals surface area contributed by atoms with E-state index in [1.807, 2.05) is 6.07 Å². The van der Waals surface area contributed by atoms with Crippen molar-refractivity contribution in [2.24, 2.45) is 0 Å². The van der Waals surface area contributed by atoms with Crippen molar-refractivity contribution in [3.8, 4) is 6.07 Å². The largest absolute Gasteiger partial charge is 0.398 e. The number of carbonyl (C=O) groups excluding carboxylic acids is 2. The predicted molar refractivity (Wildman–Crippen MR) is 77.8 cm³/mol. The zero-order valence-corrected chi connectivity index (χ0v) is 11.0. The highest BCUT2D eigenvalue weighted by Crippen LogP contribution is 2.31. The first-order valence-corrected chi connectivity index (χ1v) is 6.36. The molecule has 0 aromatic heterocycles. The first kappa shape index (κ1) is 12.9. The molecule has 0 saturated carbocycles. The van der Waals surface area contributed by atoms with Crippen LogP contribution < -0.4 is 10.6 Å². The molecule has 102 valence electrons. The maximum Gasteiger partial charge on any atom is 0.268 e. The highest BCUT2D eigenvalue weighted by molar-refractivity contribution is 6.35. The Balaban J connectivity index is 2.02. The van der Waals surface area contributed by atoms with Gasteiger partial charge in [-0.1, -0.05) is 18.2 Å². The minimum atomic E-state index is -0.416. The molecule has 2 aromatic rings. The van der Waals surface area contributed by atoms with Crippen LogP contribution in [0, 0.1) is 11.3 Å². The molecule has 2 amide bonds. The number of imide groups is 1. The lowest BCUT2D eigenvalue weighted by molar-refractivity contribution is 0.0926. The molecule has 0 bridgehead atoms. The van der Waals surface area contributed by atoms with E-state index in [1.165, 1.54) is 0 Å². The van der Waals surface area contributed by atoms with E-state index in [4.69, 9.17) is 11.0 Å². The van der Waals surface area contributed by atoms with Crippen molar-refractivity contribution < 1.29 is 9.59 Å². The second-order valence-corrected chi connectivity index (χ2v) is 4.72. The van der Waals surface area contributed by atoms with Gasteiger partial charge in [0.25, 0.3) is 11.8 Å². The Kier molecular flexibility index (Phi) is 2.92. The van der Waals surface area contributed by atoms with Gasteiger partial charge < -0.3 is 5.73 Å². The van der Waals surface area contributed by atoms with Gasteiger partial charge in [0.1, 0.15) is 0 Å². The summed E-state index contributed by atoms with van der Waals surface area (Å²) in [6, 6.07) is 13.7. The first-order chi connectivity index (χ1) is 10.1. The number of hydrogen-bond acceptors (Lipinski definition) is 4. The van der Waals surface area contributed by atoms with E-state index in [9.17, 15) is 9.59 Å². The second-order valence-electron chi connectivity index (χ2n) is 4.72. The van der Waals surface area contributed by atoms with Crippen molar-refractivity contribution in [2.75, 3.05) is 10.6 Å². The number of fused-ring (bicyclic) bond motifs is 1. The molecule has 0 spiro atoms. The maximum absolute atomic E-state index is 12.4. The second kappa shape index (κ2) is 4.76. The summed E-state index contributed by atoms with van der Waals surface area (Å²) in [5.74, 6) is -0.795. The molecule has 1 heterocycles. The number of hydrogen-bond donors (Lipinski definition) is 1. The minimum Gasteiger partial charge on any atom is -0.398 e. The third-order valence-corrected chi connectivity index (χ3v) is 3.42. The van der Waals surface area contributed by atoms with E-state index in [2.05, 4.69) is 0 Å². The molecule has 0 unspecified atom stereocenters. The van der Waals surface area contributed by atoms with Gasteiger partial charge in [-0.05, 0) is 29.8 Å². The molecule has 0 aliphatic carbocycles. The van der Waals surface area contributed by atoms with Crippen molar-refractivity contribution in [1.82, 2.24) is 0 Å². The average Bonchev–Trinajstić information content (AvgIpc) is 2.74. The van der Waals surface area contributed by atoms with Crippen LogP contribution in [0.3, 0.4) is 0 Å². The Morgan fingerprint density at radius 2 is 1.76 bits per heavy atom. The maximum atomic E-state index is 12.4. The van der Waals surface area contributed by atoms with Crippen LogP contribution >= 0.6 is 0 Å². The Morgan fingerprint density at radius 1 is 1.05 bits per heavy atom. The number of carbonyl (C=O) groups is 2. The van der Waals surface area contributed by atoms with Crippen LogP contribution in [-0.4, -0.2) is 11.8 Å². The van der Waals surface area contributed by atoms with Gasteiger partial charge in [-0.15, -0.1) is 0 Å². The van der Waals surface area contributed by atoms with Gasteiger partial charge in [0.15, 0.2) is 0 Å². The lowest BCUT2D eigenvalue weighted by Gasteiger charge is -2.14. The van der Waals surface area contributed by atoms with E-state index < -0.39 is 5.91 Å². The molecule has 0 saturated heterocycles. The molecular formula is C16H11N3O2. The Hall–Kier alpha value is -3.13. The van der Waals surface area contributed by atoms with E-state index in [0.29, 0.717) is 16.9 Å². The lowest BCUT2D eigenvalue weighted by atomic mass is 10.1. The number of nitriles is 1. The van der Waals surface area contributed by atoms with Gasteiger partial charge >= 0.3 is 0 Å². The van der Waals surface area contributed by atoms with Crippen molar-refractivity contribution in [3.63, 3.8) is 0 Å². The molecule has 2 N–H and O–H groups in total. The molecule has 0 fully saturated rings. The fourth-order valence-electron chi connectivity index (χ4n) is 2.40. The van der Waals surface area contributed by atoms with Gasteiger partial charge in [-0.25, -0.2) is 4.90 Å². The van der Waals surface area contributed by atoms with Crippen LogP contribution in [0.5, 0.6) is 0 Å². The molecule has 5 nitrogen and oxygen atoms in total. The Morgan fingerprint density at radius 3 is 2.38 bits per heavy atom. The topological polar surface area (TPSA) is 87.2 Å². The fourth-order valence-corrected chi connectivity index (χ4v) is 2.40. The number of nitrogen functional groups attached to an aromatic ring is 1. The summed E-state index contributed by atoms with van der Waals surface area (Å²) in [5, 5.41) is 8.65.